The predicted molar refractivity (Wildman–Crippen MR) is 76.2 cm³/mol. The van der Waals surface area contributed by atoms with Gasteiger partial charge in [0.25, 0.3) is 5.69 Å². The van der Waals surface area contributed by atoms with E-state index in [0.717, 1.165) is 4.88 Å². The predicted octanol–water partition coefficient (Wildman–Crippen LogP) is 4.07. The number of nitrogens with zero attached hydrogens (tertiary/aromatic N) is 2. The van der Waals surface area contributed by atoms with E-state index < -0.39 is 4.92 Å². The lowest BCUT2D eigenvalue weighted by atomic mass is 10.2. The van der Waals surface area contributed by atoms with E-state index in [1.807, 2.05) is 6.07 Å². The van der Waals surface area contributed by atoms with Gasteiger partial charge in [0.1, 0.15) is 11.4 Å². The van der Waals surface area contributed by atoms with Gasteiger partial charge in [-0.1, -0.05) is 11.6 Å². The molecule has 1 aromatic heterocycles. The second-order valence-corrected chi connectivity index (χ2v) is 5.26. The Morgan fingerprint density at radius 1 is 1.42 bits per heavy atom. The van der Waals surface area contributed by atoms with E-state index >= 15 is 0 Å². The summed E-state index contributed by atoms with van der Waals surface area (Å²) in [4.78, 5) is 15.3. The molecule has 0 fully saturated rings. The van der Waals surface area contributed by atoms with Gasteiger partial charge in [-0.25, -0.2) is 0 Å². The molecular weight excluding hydrogens is 288 g/mol. The molecule has 0 amide bonds. The third kappa shape index (κ3) is 3.30. The smallest absolute Gasteiger partial charge is 0.271 e. The molecule has 0 unspecified atom stereocenters. The maximum Gasteiger partial charge on any atom is 0.271 e. The Hall–Kier alpha value is -1.92. The van der Waals surface area contributed by atoms with Crippen molar-refractivity contribution in [2.24, 2.45) is 4.99 Å². The lowest BCUT2D eigenvalue weighted by Crippen LogP contribution is -1.89. The second-order valence-electron chi connectivity index (χ2n) is 3.51. The number of rotatable bonds is 4. The van der Waals surface area contributed by atoms with Gasteiger partial charge in [0.15, 0.2) is 0 Å². The van der Waals surface area contributed by atoms with Crippen LogP contribution in [0.15, 0.2) is 35.3 Å². The minimum atomic E-state index is -0.472. The Bertz CT molecular complexity index is 640. The largest absolute Gasteiger partial charge is 0.494 e. The Kier molecular flexibility index (Phi) is 4.13. The van der Waals surface area contributed by atoms with E-state index in [-0.39, 0.29) is 5.69 Å². The fourth-order valence-electron chi connectivity index (χ4n) is 1.42. The van der Waals surface area contributed by atoms with Crippen molar-refractivity contribution in [2.75, 3.05) is 7.11 Å². The molecule has 0 aliphatic carbocycles. The molecule has 0 aliphatic rings. The first-order valence-corrected chi connectivity index (χ1v) is 6.41. The van der Waals surface area contributed by atoms with Gasteiger partial charge in [0.05, 0.1) is 16.4 Å². The number of thiophene rings is 1. The number of methoxy groups -OCH3 is 1. The topological polar surface area (TPSA) is 64.7 Å². The number of halogens is 1. The molecule has 2 rings (SSSR count). The number of benzene rings is 1. The fraction of sp³-hybridized carbons (Fsp3) is 0.0833. The summed E-state index contributed by atoms with van der Waals surface area (Å²) in [7, 11) is 1.49. The third-order valence-corrected chi connectivity index (χ3v) is 3.46. The second kappa shape index (κ2) is 5.81. The minimum absolute atomic E-state index is 0.0304. The monoisotopic (exact) mass is 296 g/mol. The number of nitro benzene ring substituents is 1. The fourth-order valence-corrected chi connectivity index (χ4v) is 2.36. The summed E-state index contributed by atoms with van der Waals surface area (Å²) in [6, 6.07) is 7.84. The van der Waals surface area contributed by atoms with Gasteiger partial charge in [0, 0.05) is 23.2 Å². The summed E-state index contributed by atoms with van der Waals surface area (Å²) in [5, 5.41) is 10.7. The summed E-state index contributed by atoms with van der Waals surface area (Å²) in [5.41, 5.74) is 0.374. The molecule has 0 spiro atoms. The zero-order valence-electron chi connectivity index (χ0n) is 9.87. The van der Waals surface area contributed by atoms with Crippen molar-refractivity contribution in [3.05, 3.63) is 49.7 Å². The maximum atomic E-state index is 10.7. The average Bonchev–Trinajstić information content (AvgIpc) is 2.81. The van der Waals surface area contributed by atoms with Gasteiger partial charge < -0.3 is 4.74 Å². The van der Waals surface area contributed by atoms with Crippen molar-refractivity contribution in [3.63, 3.8) is 0 Å². The van der Waals surface area contributed by atoms with E-state index in [4.69, 9.17) is 16.3 Å². The lowest BCUT2D eigenvalue weighted by Gasteiger charge is -2.03. The highest BCUT2D eigenvalue weighted by Gasteiger charge is 2.10. The van der Waals surface area contributed by atoms with Crippen LogP contribution in [0.4, 0.5) is 11.4 Å². The van der Waals surface area contributed by atoms with Crippen LogP contribution in [-0.4, -0.2) is 18.2 Å². The molecule has 0 N–H and O–H groups in total. The van der Waals surface area contributed by atoms with Gasteiger partial charge in [-0.05, 0) is 18.2 Å². The summed E-state index contributed by atoms with van der Waals surface area (Å²) in [6.07, 6.45) is 1.60. The van der Waals surface area contributed by atoms with E-state index in [1.165, 1.54) is 36.6 Å². The first kappa shape index (κ1) is 13.5. The zero-order chi connectivity index (χ0) is 13.8. The molecule has 0 atom stereocenters. The number of nitro groups is 1. The maximum absolute atomic E-state index is 10.7. The number of ether oxygens (including phenoxy) is 1. The summed E-state index contributed by atoms with van der Waals surface area (Å²) in [5.74, 6) is 0.476. The molecule has 0 bridgehead atoms. The zero-order valence-corrected chi connectivity index (χ0v) is 11.4. The van der Waals surface area contributed by atoms with Crippen LogP contribution < -0.4 is 4.74 Å². The Morgan fingerprint density at radius 2 is 2.21 bits per heavy atom. The molecule has 0 saturated carbocycles. The van der Waals surface area contributed by atoms with Crippen LogP contribution in [-0.2, 0) is 0 Å². The summed E-state index contributed by atoms with van der Waals surface area (Å²) < 4.78 is 5.77. The van der Waals surface area contributed by atoms with Gasteiger partial charge >= 0.3 is 0 Å². The van der Waals surface area contributed by atoms with E-state index in [2.05, 4.69) is 4.99 Å². The Labute approximate surface area is 118 Å². The molecule has 19 heavy (non-hydrogen) atoms. The van der Waals surface area contributed by atoms with Crippen LogP contribution in [0, 0.1) is 10.1 Å². The highest BCUT2D eigenvalue weighted by molar-refractivity contribution is 7.17. The summed E-state index contributed by atoms with van der Waals surface area (Å²) >= 11 is 7.18. The molecule has 1 aromatic carbocycles. The standard InChI is InChI=1S/C12H9ClN2O3S/c1-18-11-4-2-8(15(16)17)6-10(11)14-7-9-3-5-12(13)19-9/h2-7H,1H3. The van der Waals surface area contributed by atoms with Crippen molar-refractivity contribution in [3.8, 4) is 5.75 Å². The number of non-ortho nitro benzene ring substituents is 1. The van der Waals surface area contributed by atoms with Crippen molar-refractivity contribution in [2.45, 2.75) is 0 Å². The van der Waals surface area contributed by atoms with Crippen molar-refractivity contribution in [1.82, 2.24) is 0 Å². The highest BCUT2D eigenvalue weighted by atomic mass is 35.5. The van der Waals surface area contributed by atoms with E-state index in [9.17, 15) is 10.1 Å². The molecule has 5 nitrogen and oxygen atoms in total. The van der Waals surface area contributed by atoms with Crippen LogP contribution >= 0.6 is 22.9 Å². The molecule has 7 heteroatoms. The van der Waals surface area contributed by atoms with Gasteiger partial charge in [0.2, 0.25) is 0 Å². The quantitative estimate of drug-likeness (QED) is 0.485. The molecule has 98 valence electrons. The first-order valence-electron chi connectivity index (χ1n) is 5.22. The Morgan fingerprint density at radius 3 is 2.79 bits per heavy atom. The SMILES string of the molecule is COc1ccc([N+](=O)[O-])cc1N=Cc1ccc(Cl)s1. The molecule has 0 saturated heterocycles. The van der Waals surface area contributed by atoms with Crippen LogP contribution in [0.2, 0.25) is 4.34 Å². The van der Waals surface area contributed by atoms with Crippen LogP contribution in [0.5, 0.6) is 5.75 Å². The molecule has 1 heterocycles. The molecular formula is C12H9ClN2O3S. The van der Waals surface area contributed by atoms with E-state index in [0.29, 0.717) is 15.8 Å². The van der Waals surface area contributed by atoms with Crippen LogP contribution in [0.3, 0.4) is 0 Å². The minimum Gasteiger partial charge on any atom is -0.494 e. The number of aliphatic imine (C=N–C) groups is 1. The van der Waals surface area contributed by atoms with Crippen molar-refractivity contribution >= 4 is 40.5 Å². The molecule has 2 aromatic rings. The number of hydrogen-bond acceptors (Lipinski definition) is 5. The molecule has 0 radical (unpaired) electrons. The summed E-state index contributed by atoms with van der Waals surface area (Å²) in [6.45, 7) is 0. The van der Waals surface area contributed by atoms with Crippen LogP contribution in [0.1, 0.15) is 4.88 Å². The highest BCUT2D eigenvalue weighted by Crippen LogP contribution is 2.31. The normalized spacial score (nSPS) is 10.8. The van der Waals surface area contributed by atoms with Gasteiger partial charge in [-0.15, -0.1) is 11.3 Å². The van der Waals surface area contributed by atoms with Crippen molar-refractivity contribution < 1.29 is 9.66 Å². The first-order chi connectivity index (χ1) is 9.10. The van der Waals surface area contributed by atoms with Gasteiger partial charge in [-0.2, -0.15) is 0 Å². The third-order valence-electron chi connectivity index (χ3n) is 2.30. The number of hydrogen-bond donors (Lipinski definition) is 0. The van der Waals surface area contributed by atoms with Gasteiger partial charge in [-0.3, -0.25) is 15.1 Å². The Balaban J connectivity index is 2.34. The van der Waals surface area contributed by atoms with Crippen LogP contribution in [0.25, 0.3) is 0 Å². The van der Waals surface area contributed by atoms with E-state index in [1.54, 1.807) is 12.3 Å². The van der Waals surface area contributed by atoms with Crippen molar-refractivity contribution in [1.29, 1.82) is 0 Å². The molecule has 0 aliphatic heterocycles. The lowest BCUT2D eigenvalue weighted by molar-refractivity contribution is -0.384. The average molecular weight is 297 g/mol.